The summed E-state index contributed by atoms with van der Waals surface area (Å²) in [6.07, 6.45) is 2.46. The average molecular weight is 319 g/mol. The third kappa shape index (κ3) is 1.43. The van der Waals surface area contributed by atoms with Crippen LogP contribution in [0.3, 0.4) is 0 Å². The lowest BCUT2D eigenvalue weighted by molar-refractivity contribution is 0.0517. The highest BCUT2D eigenvalue weighted by Gasteiger charge is 2.64. The molecule has 3 aliphatic carbocycles. The van der Waals surface area contributed by atoms with E-state index in [-0.39, 0.29) is 16.2 Å². The van der Waals surface area contributed by atoms with E-state index in [4.69, 9.17) is 0 Å². The summed E-state index contributed by atoms with van der Waals surface area (Å²) in [4.78, 5) is 0. The van der Waals surface area contributed by atoms with Crippen molar-refractivity contribution in [1.29, 1.82) is 0 Å². The molecule has 0 aromatic heterocycles. The van der Waals surface area contributed by atoms with Gasteiger partial charge in [0.1, 0.15) is 0 Å². The lowest BCUT2D eigenvalue weighted by Crippen LogP contribution is -2.41. The van der Waals surface area contributed by atoms with Gasteiger partial charge in [-0.3, -0.25) is 0 Å². The zero-order valence-electron chi connectivity index (χ0n) is 16.5. The molecule has 0 N–H and O–H groups in total. The molecule has 126 valence electrons. The molecule has 0 radical (unpaired) electrons. The molecule has 1 saturated carbocycles. The van der Waals surface area contributed by atoms with Gasteiger partial charge in [-0.25, -0.2) is 0 Å². The Morgan fingerprint density at radius 2 is 1.54 bits per heavy atom. The van der Waals surface area contributed by atoms with Gasteiger partial charge in [-0.05, 0) is 69.4 Å². The van der Waals surface area contributed by atoms with E-state index >= 15 is 0 Å². The number of fused-ring (bicyclic) bond motifs is 3. The first-order chi connectivity index (χ1) is 11.1. The van der Waals surface area contributed by atoms with E-state index < -0.39 is 0 Å². The van der Waals surface area contributed by atoms with Crippen LogP contribution < -0.4 is 10.4 Å². The van der Waals surface area contributed by atoms with Gasteiger partial charge in [0.05, 0.1) is 0 Å². The standard InChI is InChI=1S/C24H30/c1-14-15(2)24(8)21(16(3)22(4,5)23(24,6)7)19-13-17-11-9-10-12-18(17)20(14)19/h9-13,16H,1-8H3. The molecule has 4 rings (SSSR count). The summed E-state index contributed by atoms with van der Waals surface area (Å²) in [6, 6.07) is 8.90. The zero-order valence-corrected chi connectivity index (χ0v) is 16.5. The van der Waals surface area contributed by atoms with Crippen LogP contribution in [-0.2, 0) is 0 Å². The van der Waals surface area contributed by atoms with Crippen LogP contribution in [0.4, 0.5) is 0 Å². The van der Waals surface area contributed by atoms with Gasteiger partial charge in [0.2, 0.25) is 0 Å². The SMILES string of the molecule is CC1=C(C)C2(C)C(=C3C=c4ccccc4=C13)C(C)C(C)(C)C2(C)C. The third-order valence-electron chi connectivity index (χ3n) is 8.69. The van der Waals surface area contributed by atoms with E-state index in [1.807, 2.05) is 0 Å². The zero-order chi connectivity index (χ0) is 17.7. The van der Waals surface area contributed by atoms with Crippen LogP contribution in [0.15, 0.2) is 46.6 Å². The van der Waals surface area contributed by atoms with Gasteiger partial charge in [-0.15, -0.1) is 0 Å². The Kier molecular flexibility index (Phi) is 2.88. The van der Waals surface area contributed by atoms with Crippen molar-refractivity contribution in [3.05, 3.63) is 57.0 Å². The lowest BCUT2D eigenvalue weighted by Gasteiger charge is -2.49. The predicted octanol–water partition coefficient (Wildman–Crippen LogP) is 4.99. The Morgan fingerprint density at radius 3 is 2.21 bits per heavy atom. The van der Waals surface area contributed by atoms with Crippen LogP contribution in [0.1, 0.15) is 55.4 Å². The molecule has 3 aliphatic rings. The second-order valence-electron chi connectivity index (χ2n) is 9.38. The van der Waals surface area contributed by atoms with E-state index in [2.05, 4.69) is 85.7 Å². The predicted molar refractivity (Wildman–Crippen MR) is 104 cm³/mol. The largest absolute Gasteiger partial charge is 0.0616 e. The minimum absolute atomic E-state index is 0.136. The van der Waals surface area contributed by atoms with Gasteiger partial charge in [-0.2, -0.15) is 0 Å². The maximum atomic E-state index is 2.51. The first-order valence-corrected chi connectivity index (χ1v) is 9.31. The first-order valence-electron chi connectivity index (χ1n) is 9.31. The monoisotopic (exact) mass is 318 g/mol. The lowest BCUT2D eigenvalue weighted by atomic mass is 9.55. The van der Waals surface area contributed by atoms with Crippen LogP contribution >= 0.6 is 0 Å². The number of hydrogen-bond acceptors (Lipinski definition) is 0. The Morgan fingerprint density at radius 1 is 0.917 bits per heavy atom. The summed E-state index contributed by atoms with van der Waals surface area (Å²) in [5, 5.41) is 2.81. The molecule has 0 nitrogen and oxygen atoms in total. The summed E-state index contributed by atoms with van der Waals surface area (Å²) in [5.41, 5.74) is 8.39. The van der Waals surface area contributed by atoms with Crippen molar-refractivity contribution in [2.45, 2.75) is 55.4 Å². The minimum Gasteiger partial charge on any atom is -0.0616 e. The maximum Gasteiger partial charge on any atom is 0.0164 e. The van der Waals surface area contributed by atoms with E-state index in [9.17, 15) is 0 Å². The minimum atomic E-state index is 0.136. The molecule has 1 aromatic rings. The van der Waals surface area contributed by atoms with Gasteiger partial charge in [-0.1, -0.05) is 71.4 Å². The van der Waals surface area contributed by atoms with Gasteiger partial charge < -0.3 is 0 Å². The molecular weight excluding hydrogens is 288 g/mol. The van der Waals surface area contributed by atoms with Crippen LogP contribution in [0, 0.1) is 22.2 Å². The van der Waals surface area contributed by atoms with Crippen molar-refractivity contribution in [2.24, 2.45) is 22.2 Å². The van der Waals surface area contributed by atoms with Crippen LogP contribution in [0.25, 0.3) is 11.6 Å². The molecule has 2 unspecified atom stereocenters. The highest BCUT2D eigenvalue weighted by atomic mass is 14.7. The first kappa shape index (κ1) is 15.9. The normalized spacial score (nSPS) is 32.5. The molecule has 0 heteroatoms. The topological polar surface area (TPSA) is 0 Å². The molecule has 1 fully saturated rings. The molecule has 1 aromatic carbocycles. The Hall–Kier alpha value is -1.56. The van der Waals surface area contributed by atoms with Gasteiger partial charge in [0, 0.05) is 5.41 Å². The molecule has 0 amide bonds. The Labute approximate surface area is 146 Å². The van der Waals surface area contributed by atoms with E-state index in [0.717, 1.165) is 0 Å². The molecule has 0 spiro atoms. The highest BCUT2D eigenvalue weighted by Crippen LogP contribution is 2.72. The van der Waals surface area contributed by atoms with Crippen molar-refractivity contribution in [3.63, 3.8) is 0 Å². The molecule has 0 aliphatic heterocycles. The summed E-state index contributed by atoms with van der Waals surface area (Å²) in [6.45, 7) is 19.6. The van der Waals surface area contributed by atoms with E-state index in [0.29, 0.717) is 5.92 Å². The molecular formula is C24H30. The molecule has 2 atom stereocenters. The van der Waals surface area contributed by atoms with E-state index in [1.165, 1.54) is 27.2 Å². The fourth-order valence-corrected chi connectivity index (χ4v) is 5.89. The smallest absolute Gasteiger partial charge is 0.0164 e. The van der Waals surface area contributed by atoms with Crippen molar-refractivity contribution in [1.82, 2.24) is 0 Å². The van der Waals surface area contributed by atoms with Crippen molar-refractivity contribution in [2.75, 3.05) is 0 Å². The molecule has 0 saturated heterocycles. The van der Waals surface area contributed by atoms with Crippen molar-refractivity contribution < 1.29 is 0 Å². The van der Waals surface area contributed by atoms with Gasteiger partial charge >= 0.3 is 0 Å². The Bertz CT molecular complexity index is 946. The number of rotatable bonds is 0. The van der Waals surface area contributed by atoms with Crippen LogP contribution in [0.2, 0.25) is 0 Å². The second-order valence-corrected chi connectivity index (χ2v) is 9.38. The highest BCUT2D eigenvalue weighted by molar-refractivity contribution is 5.94. The van der Waals surface area contributed by atoms with Crippen molar-refractivity contribution >= 4 is 11.6 Å². The summed E-state index contributed by atoms with van der Waals surface area (Å²) in [7, 11) is 0. The molecule has 0 heterocycles. The fraction of sp³-hybridized carbons (Fsp3) is 0.500. The average Bonchev–Trinajstić information content (AvgIpc) is 2.94. The summed E-state index contributed by atoms with van der Waals surface area (Å²) < 4.78 is 0. The fourth-order valence-electron chi connectivity index (χ4n) is 5.89. The number of hydrogen-bond donors (Lipinski definition) is 0. The van der Waals surface area contributed by atoms with Crippen LogP contribution in [-0.4, -0.2) is 0 Å². The van der Waals surface area contributed by atoms with Crippen molar-refractivity contribution in [3.8, 4) is 0 Å². The van der Waals surface area contributed by atoms with E-state index in [1.54, 1.807) is 11.1 Å². The van der Waals surface area contributed by atoms with Crippen LogP contribution in [0.5, 0.6) is 0 Å². The Balaban J connectivity index is 2.21. The second kappa shape index (κ2) is 4.34. The summed E-state index contributed by atoms with van der Waals surface area (Å²) >= 11 is 0. The summed E-state index contributed by atoms with van der Waals surface area (Å²) in [5.74, 6) is 0.580. The number of benzene rings is 1. The van der Waals surface area contributed by atoms with Gasteiger partial charge in [0.15, 0.2) is 0 Å². The quantitative estimate of drug-likeness (QED) is 0.632. The van der Waals surface area contributed by atoms with Gasteiger partial charge in [0.25, 0.3) is 0 Å². The molecule has 24 heavy (non-hydrogen) atoms. The molecule has 0 bridgehead atoms. The third-order valence-corrected chi connectivity index (χ3v) is 8.69. The maximum absolute atomic E-state index is 2.51. The number of allylic oxidation sites excluding steroid dienone is 4.